The molecule has 1 fully saturated rings. The second kappa shape index (κ2) is 6.57. The van der Waals surface area contributed by atoms with E-state index in [1.54, 1.807) is 12.0 Å². The molecule has 5 nitrogen and oxygen atoms in total. The molecule has 1 amide bonds. The van der Waals surface area contributed by atoms with Crippen LogP contribution in [0.2, 0.25) is 0 Å². The van der Waals surface area contributed by atoms with Crippen LogP contribution in [0.1, 0.15) is 45.2 Å². The number of aliphatic hydroxyl groups excluding tert-OH is 1. The lowest BCUT2D eigenvalue weighted by atomic mass is 9.93. The normalized spacial score (nSPS) is 22.3. The number of methoxy groups -OCH3 is 1. The Hall–Kier alpha value is -1.75. The van der Waals surface area contributed by atoms with Gasteiger partial charge in [-0.3, -0.25) is 0 Å². The molecule has 5 heteroatoms. The van der Waals surface area contributed by atoms with Crippen molar-refractivity contribution in [3.05, 3.63) is 29.8 Å². The van der Waals surface area contributed by atoms with Crippen molar-refractivity contribution < 1.29 is 19.4 Å². The first kappa shape index (κ1) is 16.6. The van der Waals surface area contributed by atoms with E-state index in [1.807, 2.05) is 45.0 Å². The fourth-order valence-corrected chi connectivity index (χ4v) is 2.72. The fourth-order valence-electron chi connectivity index (χ4n) is 2.72. The minimum Gasteiger partial charge on any atom is -0.496 e. The Morgan fingerprint density at radius 1 is 1.32 bits per heavy atom. The Balaban J connectivity index is 2.29. The third-order valence-corrected chi connectivity index (χ3v) is 3.70. The van der Waals surface area contributed by atoms with Crippen LogP contribution in [0.15, 0.2) is 24.3 Å². The molecular formula is C17H25NO4. The number of ether oxygens (including phenoxy) is 2. The maximum atomic E-state index is 12.5. The number of piperidine rings is 1. The summed E-state index contributed by atoms with van der Waals surface area (Å²) in [4.78, 5) is 14.2. The van der Waals surface area contributed by atoms with Crippen LogP contribution >= 0.6 is 0 Å². The van der Waals surface area contributed by atoms with Gasteiger partial charge in [-0.1, -0.05) is 18.2 Å². The second-order valence-corrected chi connectivity index (χ2v) is 6.61. The number of amides is 1. The largest absolute Gasteiger partial charge is 0.496 e. The summed E-state index contributed by atoms with van der Waals surface area (Å²) >= 11 is 0. The number of rotatable bonds is 2. The van der Waals surface area contributed by atoms with Gasteiger partial charge in [0, 0.05) is 12.1 Å². The van der Waals surface area contributed by atoms with Crippen LogP contribution in [0.25, 0.3) is 0 Å². The molecule has 2 atom stereocenters. The van der Waals surface area contributed by atoms with E-state index in [-0.39, 0.29) is 12.1 Å². The summed E-state index contributed by atoms with van der Waals surface area (Å²) in [5.41, 5.74) is 0.355. The smallest absolute Gasteiger partial charge is 0.410 e. The van der Waals surface area contributed by atoms with Gasteiger partial charge in [0.25, 0.3) is 0 Å². The molecule has 0 bridgehead atoms. The molecule has 0 aliphatic carbocycles. The average Bonchev–Trinajstić information content (AvgIpc) is 2.45. The Labute approximate surface area is 131 Å². The second-order valence-electron chi connectivity index (χ2n) is 6.61. The van der Waals surface area contributed by atoms with Crippen LogP contribution in [0.4, 0.5) is 4.79 Å². The molecule has 0 saturated carbocycles. The zero-order valence-electron chi connectivity index (χ0n) is 13.7. The number of hydrogen-bond donors (Lipinski definition) is 1. The van der Waals surface area contributed by atoms with Gasteiger partial charge >= 0.3 is 6.09 Å². The molecular weight excluding hydrogens is 282 g/mol. The molecule has 1 aliphatic heterocycles. The molecule has 122 valence electrons. The SMILES string of the molecule is COc1ccccc1C1CC(O)CCN1C(=O)OC(C)(C)C. The highest BCUT2D eigenvalue weighted by molar-refractivity contribution is 5.69. The van der Waals surface area contributed by atoms with Gasteiger partial charge in [-0.2, -0.15) is 0 Å². The monoisotopic (exact) mass is 307 g/mol. The Morgan fingerprint density at radius 3 is 2.64 bits per heavy atom. The molecule has 1 aliphatic rings. The number of para-hydroxylation sites is 1. The van der Waals surface area contributed by atoms with Gasteiger partial charge in [-0.05, 0) is 39.7 Å². The molecule has 1 saturated heterocycles. The molecule has 0 radical (unpaired) electrons. The highest BCUT2D eigenvalue weighted by Gasteiger charge is 2.35. The van der Waals surface area contributed by atoms with Gasteiger partial charge in [-0.15, -0.1) is 0 Å². The van der Waals surface area contributed by atoms with Gasteiger partial charge in [0.05, 0.1) is 19.3 Å². The molecule has 22 heavy (non-hydrogen) atoms. The number of aliphatic hydroxyl groups is 1. The van der Waals surface area contributed by atoms with E-state index < -0.39 is 11.7 Å². The van der Waals surface area contributed by atoms with E-state index in [4.69, 9.17) is 9.47 Å². The number of carbonyl (C=O) groups is 1. The maximum Gasteiger partial charge on any atom is 0.410 e. The summed E-state index contributed by atoms with van der Waals surface area (Å²) in [6.07, 6.45) is 0.272. The molecule has 1 N–H and O–H groups in total. The van der Waals surface area contributed by atoms with E-state index in [1.165, 1.54) is 0 Å². The highest BCUT2D eigenvalue weighted by atomic mass is 16.6. The molecule has 0 aromatic heterocycles. The Kier molecular flexibility index (Phi) is 4.96. The van der Waals surface area contributed by atoms with Gasteiger partial charge in [0.1, 0.15) is 11.4 Å². The highest BCUT2D eigenvalue weighted by Crippen LogP contribution is 2.36. The van der Waals surface area contributed by atoms with Crippen molar-refractivity contribution in [3.8, 4) is 5.75 Å². The van der Waals surface area contributed by atoms with Crippen LogP contribution < -0.4 is 4.74 Å². The fraction of sp³-hybridized carbons (Fsp3) is 0.588. The quantitative estimate of drug-likeness (QED) is 0.912. The number of carbonyl (C=O) groups excluding carboxylic acids is 1. The number of benzene rings is 1. The Morgan fingerprint density at radius 2 is 2.00 bits per heavy atom. The number of nitrogens with zero attached hydrogens (tertiary/aromatic N) is 1. The lowest BCUT2D eigenvalue weighted by Gasteiger charge is -2.39. The van der Waals surface area contributed by atoms with Crippen molar-refractivity contribution in [2.45, 2.75) is 51.4 Å². The van der Waals surface area contributed by atoms with E-state index in [2.05, 4.69) is 0 Å². The standard InChI is InChI=1S/C17H25NO4/c1-17(2,3)22-16(20)18-10-9-12(19)11-14(18)13-7-5-6-8-15(13)21-4/h5-8,12,14,19H,9-11H2,1-4H3. The summed E-state index contributed by atoms with van der Waals surface area (Å²) in [7, 11) is 1.61. The van der Waals surface area contributed by atoms with Crippen molar-refractivity contribution in [3.63, 3.8) is 0 Å². The van der Waals surface area contributed by atoms with E-state index in [0.717, 1.165) is 11.3 Å². The molecule has 2 rings (SSSR count). The van der Waals surface area contributed by atoms with Crippen molar-refractivity contribution >= 4 is 6.09 Å². The topological polar surface area (TPSA) is 59.0 Å². The first-order valence-electron chi connectivity index (χ1n) is 7.62. The lowest BCUT2D eigenvalue weighted by Crippen LogP contribution is -2.45. The molecule has 1 aromatic rings. The van der Waals surface area contributed by atoms with Crippen LogP contribution in [-0.4, -0.2) is 41.5 Å². The summed E-state index contributed by atoms with van der Waals surface area (Å²) in [6, 6.07) is 7.35. The Bertz CT molecular complexity index is 524. The zero-order valence-corrected chi connectivity index (χ0v) is 13.7. The predicted molar refractivity (Wildman–Crippen MR) is 83.9 cm³/mol. The van der Waals surface area contributed by atoms with Crippen LogP contribution in [0, 0.1) is 0 Å². The predicted octanol–water partition coefficient (Wildman–Crippen LogP) is 3.13. The van der Waals surface area contributed by atoms with Crippen molar-refractivity contribution in [2.75, 3.05) is 13.7 Å². The lowest BCUT2D eigenvalue weighted by molar-refractivity contribution is -0.00874. The third kappa shape index (κ3) is 3.91. The first-order valence-corrected chi connectivity index (χ1v) is 7.62. The van der Waals surface area contributed by atoms with Crippen LogP contribution in [0.5, 0.6) is 5.75 Å². The summed E-state index contributed by atoms with van der Waals surface area (Å²) in [6.45, 7) is 6.02. The average molecular weight is 307 g/mol. The summed E-state index contributed by atoms with van der Waals surface area (Å²) in [5, 5.41) is 10.0. The number of likely N-dealkylation sites (tertiary alicyclic amines) is 1. The van der Waals surface area contributed by atoms with Crippen molar-refractivity contribution in [1.29, 1.82) is 0 Å². The van der Waals surface area contributed by atoms with Gasteiger partial charge < -0.3 is 19.5 Å². The zero-order chi connectivity index (χ0) is 16.3. The maximum absolute atomic E-state index is 12.5. The number of hydrogen-bond acceptors (Lipinski definition) is 4. The van der Waals surface area contributed by atoms with Gasteiger partial charge in [0.15, 0.2) is 0 Å². The van der Waals surface area contributed by atoms with E-state index >= 15 is 0 Å². The minimum atomic E-state index is -0.543. The molecule has 0 spiro atoms. The van der Waals surface area contributed by atoms with Gasteiger partial charge in [0.2, 0.25) is 0 Å². The van der Waals surface area contributed by atoms with E-state index in [9.17, 15) is 9.90 Å². The van der Waals surface area contributed by atoms with Crippen LogP contribution in [0.3, 0.4) is 0 Å². The summed E-state index contributed by atoms with van der Waals surface area (Å²) < 4.78 is 10.9. The summed E-state index contributed by atoms with van der Waals surface area (Å²) in [5.74, 6) is 0.718. The van der Waals surface area contributed by atoms with Crippen molar-refractivity contribution in [1.82, 2.24) is 4.90 Å². The van der Waals surface area contributed by atoms with Crippen LogP contribution in [-0.2, 0) is 4.74 Å². The first-order chi connectivity index (χ1) is 10.3. The molecule has 1 heterocycles. The molecule has 1 aromatic carbocycles. The van der Waals surface area contributed by atoms with Crippen molar-refractivity contribution in [2.24, 2.45) is 0 Å². The third-order valence-electron chi connectivity index (χ3n) is 3.70. The minimum absolute atomic E-state index is 0.241. The van der Waals surface area contributed by atoms with Gasteiger partial charge in [-0.25, -0.2) is 4.79 Å². The molecule has 2 unspecified atom stereocenters. The van der Waals surface area contributed by atoms with E-state index in [0.29, 0.717) is 19.4 Å².